The quantitative estimate of drug-likeness (QED) is 0.897. The molecule has 1 aliphatic heterocycles. The number of hydrogen-bond donors (Lipinski definition) is 2. The molecule has 1 aromatic rings. The number of nitrogens with one attached hydrogen (secondary N) is 2. The SMILES string of the molecule is Cl.O=C(CC1CCCN1)NC1(c2cccc(Cl)c2)CC1. The lowest BCUT2D eigenvalue weighted by Gasteiger charge is -2.19. The minimum atomic E-state index is -0.152. The zero-order valence-corrected chi connectivity index (χ0v) is 12.9. The maximum atomic E-state index is 12.1. The number of halogens is 2. The van der Waals surface area contributed by atoms with Crippen LogP contribution >= 0.6 is 24.0 Å². The van der Waals surface area contributed by atoms with Gasteiger partial charge in [-0.15, -0.1) is 12.4 Å². The Labute approximate surface area is 130 Å². The van der Waals surface area contributed by atoms with Gasteiger partial charge in [0, 0.05) is 17.5 Å². The van der Waals surface area contributed by atoms with Gasteiger partial charge in [-0.1, -0.05) is 23.7 Å². The first-order valence-corrected chi connectivity index (χ1v) is 7.36. The van der Waals surface area contributed by atoms with Gasteiger partial charge in [0.15, 0.2) is 0 Å². The molecule has 3 rings (SSSR count). The Morgan fingerprint density at radius 1 is 1.45 bits per heavy atom. The predicted molar refractivity (Wildman–Crippen MR) is 83.4 cm³/mol. The van der Waals surface area contributed by atoms with Crippen LogP contribution in [-0.2, 0) is 10.3 Å². The first-order valence-electron chi connectivity index (χ1n) is 6.98. The average molecular weight is 315 g/mol. The standard InChI is InChI=1S/C15H19ClN2O.ClH/c16-12-4-1-3-11(9-12)15(6-7-15)18-14(19)10-13-5-2-8-17-13;/h1,3-4,9,13,17H,2,5-8,10H2,(H,18,19);1H. The summed E-state index contributed by atoms with van der Waals surface area (Å²) < 4.78 is 0. The molecular weight excluding hydrogens is 295 g/mol. The lowest BCUT2D eigenvalue weighted by Crippen LogP contribution is -2.38. The highest BCUT2D eigenvalue weighted by Gasteiger charge is 2.45. The number of benzene rings is 1. The van der Waals surface area contributed by atoms with Gasteiger partial charge in [0.2, 0.25) is 5.91 Å². The molecule has 3 nitrogen and oxygen atoms in total. The summed E-state index contributed by atoms with van der Waals surface area (Å²) in [5, 5.41) is 7.29. The molecule has 1 atom stereocenters. The molecule has 1 heterocycles. The molecule has 0 radical (unpaired) electrons. The third-order valence-electron chi connectivity index (χ3n) is 4.10. The monoisotopic (exact) mass is 314 g/mol. The second-order valence-electron chi connectivity index (χ2n) is 5.64. The molecule has 1 aliphatic carbocycles. The van der Waals surface area contributed by atoms with Gasteiger partial charge in [0.05, 0.1) is 5.54 Å². The third kappa shape index (κ3) is 3.46. The summed E-state index contributed by atoms with van der Waals surface area (Å²) in [6.45, 7) is 1.04. The maximum Gasteiger partial charge on any atom is 0.222 e. The van der Waals surface area contributed by atoms with Crippen molar-refractivity contribution in [3.8, 4) is 0 Å². The van der Waals surface area contributed by atoms with E-state index in [0.717, 1.165) is 36.4 Å². The minimum Gasteiger partial charge on any atom is -0.347 e. The van der Waals surface area contributed by atoms with Crippen LogP contribution in [-0.4, -0.2) is 18.5 Å². The van der Waals surface area contributed by atoms with Crippen LogP contribution in [0.2, 0.25) is 5.02 Å². The largest absolute Gasteiger partial charge is 0.347 e. The molecule has 1 saturated heterocycles. The van der Waals surface area contributed by atoms with Crippen molar-refractivity contribution in [1.82, 2.24) is 10.6 Å². The number of rotatable bonds is 4. The number of carbonyl (C=O) groups excluding carboxylic acids is 1. The van der Waals surface area contributed by atoms with Crippen LogP contribution in [0.5, 0.6) is 0 Å². The summed E-state index contributed by atoms with van der Waals surface area (Å²) in [5.41, 5.74) is 0.980. The first kappa shape index (κ1) is 15.6. The van der Waals surface area contributed by atoms with Crippen molar-refractivity contribution in [1.29, 1.82) is 0 Å². The average Bonchev–Trinajstić information content (AvgIpc) is 2.97. The van der Waals surface area contributed by atoms with E-state index in [-0.39, 0.29) is 23.9 Å². The van der Waals surface area contributed by atoms with Gasteiger partial charge < -0.3 is 10.6 Å². The fourth-order valence-electron chi connectivity index (χ4n) is 2.87. The summed E-state index contributed by atoms with van der Waals surface area (Å²) >= 11 is 6.03. The highest BCUT2D eigenvalue weighted by molar-refractivity contribution is 6.30. The molecule has 1 saturated carbocycles. The minimum absolute atomic E-state index is 0. The molecule has 5 heteroatoms. The molecule has 0 bridgehead atoms. The predicted octanol–water partition coefficient (Wildman–Crippen LogP) is 3.01. The van der Waals surface area contributed by atoms with Crippen LogP contribution in [0.15, 0.2) is 24.3 Å². The van der Waals surface area contributed by atoms with Crippen molar-refractivity contribution >= 4 is 29.9 Å². The van der Waals surface area contributed by atoms with Crippen LogP contribution < -0.4 is 10.6 Å². The second kappa shape index (κ2) is 6.33. The normalized spacial score (nSPS) is 22.9. The van der Waals surface area contributed by atoms with Crippen molar-refractivity contribution in [2.24, 2.45) is 0 Å². The summed E-state index contributed by atoms with van der Waals surface area (Å²) in [6.07, 6.45) is 4.89. The van der Waals surface area contributed by atoms with Crippen LogP contribution in [0.4, 0.5) is 0 Å². The molecule has 110 valence electrons. The lowest BCUT2D eigenvalue weighted by molar-refractivity contribution is -0.122. The molecule has 0 aromatic heterocycles. The maximum absolute atomic E-state index is 12.1. The molecular formula is C15H20Cl2N2O. The van der Waals surface area contributed by atoms with Crippen LogP contribution in [0.1, 0.15) is 37.7 Å². The summed E-state index contributed by atoms with van der Waals surface area (Å²) in [7, 11) is 0. The van der Waals surface area contributed by atoms with Crippen molar-refractivity contribution in [3.05, 3.63) is 34.9 Å². The highest BCUT2D eigenvalue weighted by atomic mass is 35.5. The van der Waals surface area contributed by atoms with Crippen LogP contribution in [0.25, 0.3) is 0 Å². The van der Waals surface area contributed by atoms with E-state index in [2.05, 4.69) is 10.6 Å². The molecule has 1 amide bonds. The Morgan fingerprint density at radius 2 is 2.25 bits per heavy atom. The van der Waals surface area contributed by atoms with Gasteiger partial charge >= 0.3 is 0 Å². The number of hydrogen-bond acceptors (Lipinski definition) is 2. The van der Waals surface area contributed by atoms with Gasteiger partial charge in [0.25, 0.3) is 0 Å². The Bertz CT molecular complexity index is 483. The molecule has 1 aromatic carbocycles. The van der Waals surface area contributed by atoms with E-state index >= 15 is 0 Å². The van der Waals surface area contributed by atoms with E-state index in [1.807, 2.05) is 24.3 Å². The van der Waals surface area contributed by atoms with E-state index in [9.17, 15) is 4.79 Å². The Morgan fingerprint density at radius 3 is 2.85 bits per heavy atom. The Balaban J connectivity index is 0.00000147. The Kier molecular flexibility index (Phi) is 4.95. The third-order valence-corrected chi connectivity index (χ3v) is 4.34. The lowest BCUT2D eigenvalue weighted by atomic mass is 10.0. The zero-order valence-electron chi connectivity index (χ0n) is 11.3. The molecule has 20 heavy (non-hydrogen) atoms. The Hall–Kier alpha value is -0.770. The summed E-state index contributed by atoms with van der Waals surface area (Å²) in [4.78, 5) is 12.1. The van der Waals surface area contributed by atoms with Crippen molar-refractivity contribution in [2.75, 3.05) is 6.54 Å². The van der Waals surface area contributed by atoms with Gasteiger partial charge in [-0.25, -0.2) is 0 Å². The van der Waals surface area contributed by atoms with E-state index in [1.165, 1.54) is 6.42 Å². The molecule has 0 spiro atoms. The second-order valence-corrected chi connectivity index (χ2v) is 6.07. The molecule has 2 N–H and O–H groups in total. The van der Waals surface area contributed by atoms with E-state index in [0.29, 0.717) is 12.5 Å². The molecule has 2 aliphatic rings. The van der Waals surface area contributed by atoms with Crippen LogP contribution in [0, 0.1) is 0 Å². The van der Waals surface area contributed by atoms with E-state index < -0.39 is 0 Å². The van der Waals surface area contributed by atoms with Crippen molar-refractivity contribution < 1.29 is 4.79 Å². The van der Waals surface area contributed by atoms with Gasteiger partial charge in [-0.3, -0.25) is 4.79 Å². The van der Waals surface area contributed by atoms with Gasteiger partial charge in [-0.05, 0) is 49.9 Å². The van der Waals surface area contributed by atoms with E-state index in [1.54, 1.807) is 0 Å². The van der Waals surface area contributed by atoms with Gasteiger partial charge in [-0.2, -0.15) is 0 Å². The number of carbonyl (C=O) groups is 1. The number of amides is 1. The van der Waals surface area contributed by atoms with Gasteiger partial charge in [0.1, 0.15) is 0 Å². The van der Waals surface area contributed by atoms with Crippen LogP contribution in [0.3, 0.4) is 0 Å². The first-order chi connectivity index (χ1) is 9.18. The topological polar surface area (TPSA) is 41.1 Å². The fourth-order valence-corrected chi connectivity index (χ4v) is 3.06. The van der Waals surface area contributed by atoms with E-state index in [4.69, 9.17) is 11.6 Å². The summed E-state index contributed by atoms with van der Waals surface area (Å²) in [5.74, 6) is 0.150. The zero-order chi connectivity index (χ0) is 13.3. The van der Waals surface area contributed by atoms with Crippen molar-refractivity contribution in [3.63, 3.8) is 0 Å². The molecule has 1 unspecified atom stereocenters. The summed E-state index contributed by atoms with van der Waals surface area (Å²) in [6, 6.07) is 8.18. The molecule has 2 fully saturated rings. The van der Waals surface area contributed by atoms with Crippen molar-refractivity contribution in [2.45, 2.75) is 43.7 Å². The highest BCUT2D eigenvalue weighted by Crippen LogP contribution is 2.46. The fraction of sp³-hybridized carbons (Fsp3) is 0.533. The smallest absolute Gasteiger partial charge is 0.222 e.